The van der Waals surface area contributed by atoms with Gasteiger partial charge in [-0.15, -0.1) is 11.6 Å². The molecule has 0 amide bonds. The van der Waals surface area contributed by atoms with Crippen LogP contribution in [0.25, 0.3) is 0 Å². The van der Waals surface area contributed by atoms with Gasteiger partial charge in [0.2, 0.25) is 0 Å². The topological polar surface area (TPSA) is 26.3 Å². The summed E-state index contributed by atoms with van der Waals surface area (Å²) in [5, 5.41) is -0.590. The maximum atomic E-state index is 11.5. The summed E-state index contributed by atoms with van der Waals surface area (Å²) in [5.74, 6) is -0.333. The van der Waals surface area contributed by atoms with Crippen molar-refractivity contribution in [1.29, 1.82) is 0 Å². The highest BCUT2D eigenvalue weighted by atomic mass is 35.5. The fraction of sp³-hybridized carbons (Fsp3) is 0.500. The van der Waals surface area contributed by atoms with E-state index in [2.05, 4.69) is 13.0 Å². The summed E-state index contributed by atoms with van der Waals surface area (Å²) in [5.41, 5.74) is 2.41. The molecular weight excluding hydrogens is 236 g/mol. The first-order valence-electron chi connectivity index (χ1n) is 6.06. The van der Waals surface area contributed by atoms with E-state index in [1.165, 1.54) is 5.56 Å². The Balaban J connectivity index is 2.70. The molecule has 0 aliphatic rings. The molecule has 0 saturated carbocycles. The lowest BCUT2D eigenvalue weighted by atomic mass is 9.99. The van der Waals surface area contributed by atoms with Gasteiger partial charge in [-0.25, -0.2) is 0 Å². The predicted molar refractivity (Wildman–Crippen MR) is 70.4 cm³/mol. The number of rotatable bonds is 6. The normalized spacial score (nSPS) is 12.2. The number of benzene rings is 1. The molecule has 0 aliphatic heterocycles. The molecule has 1 aromatic rings. The van der Waals surface area contributed by atoms with Crippen molar-refractivity contribution in [2.45, 2.75) is 38.5 Å². The second-order valence-electron chi connectivity index (χ2n) is 3.94. The fourth-order valence-electron chi connectivity index (χ4n) is 1.78. The molecule has 0 radical (unpaired) electrons. The molecule has 1 aromatic carbocycles. The first kappa shape index (κ1) is 14.0. The number of carbonyl (C=O) groups is 1. The van der Waals surface area contributed by atoms with Crippen molar-refractivity contribution in [2.75, 3.05) is 6.61 Å². The van der Waals surface area contributed by atoms with Crippen LogP contribution in [-0.2, 0) is 22.4 Å². The highest BCUT2D eigenvalue weighted by Crippen LogP contribution is 2.16. The Hall–Kier alpha value is -1.02. The molecule has 0 aromatic heterocycles. The minimum absolute atomic E-state index is 0.333. The number of hydrogen-bond acceptors (Lipinski definition) is 2. The van der Waals surface area contributed by atoms with Gasteiger partial charge in [0.1, 0.15) is 5.38 Å². The number of halogens is 1. The highest BCUT2D eigenvalue weighted by Gasteiger charge is 2.18. The minimum Gasteiger partial charge on any atom is -0.465 e. The van der Waals surface area contributed by atoms with Crippen molar-refractivity contribution in [2.24, 2.45) is 0 Å². The summed E-state index contributed by atoms with van der Waals surface area (Å²) < 4.78 is 4.90. The number of carbonyl (C=O) groups excluding carboxylic acids is 1. The molecule has 1 atom stereocenters. The average molecular weight is 255 g/mol. The van der Waals surface area contributed by atoms with Gasteiger partial charge in [-0.2, -0.15) is 0 Å². The fourth-order valence-corrected chi connectivity index (χ4v) is 2.01. The van der Waals surface area contributed by atoms with Crippen LogP contribution < -0.4 is 0 Å². The van der Waals surface area contributed by atoms with Gasteiger partial charge in [0, 0.05) is 0 Å². The second-order valence-corrected chi connectivity index (χ2v) is 4.47. The van der Waals surface area contributed by atoms with Crippen LogP contribution in [0.2, 0.25) is 0 Å². The first-order chi connectivity index (χ1) is 8.19. The smallest absolute Gasteiger partial charge is 0.324 e. The summed E-state index contributed by atoms with van der Waals surface area (Å²) in [6, 6.07) is 8.11. The van der Waals surface area contributed by atoms with Crippen LogP contribution in [0.1, 0.15) is 31.4 Å². The van der Waals surface area contributed by atoms with Crippen molar-refractivity contribution >= 4 is 17.6 Å². The molecule has 0 bridgehead atoms. The Kier molecular flexibility index (Phi) is 6.06. The van der Waals surface area contributed by atoms with Gasteiger partial charge in [0.05, 0.1) is 6.61 Å². The zero-order valence-corrected chi connectivity index (χ0v) is 11.2. The Bertz CT molecular complexity index is 363. The molecule has 94 valence electrons. The molecule has 0 fully saturated rings. The van der Waals surface area contributed by atoms with Crippen LogP contribution in [0.15, 0.2) is 24.3 Å². The van der Waals surface area contributed by atoms with E-state index >= 15 is 0 Å². The van der Waals surface area contributed by atoms with E-state index in [9.17, 15) is 4.79 Å². The van der Waals surface area contributed by atoms with Crippen LogP contribution in [0, 0.1) is 0 Å². The monoisotopic (exact) mass is 254 g/mol. The zero-order valence-electron chi connectivity index (χ0n) is 10.4. The van der Waals surface area contributed by atoms with Crippen LogP contribution in [-0.4, -0.2) is 18.0 Å². The van der Waals surface area contributed by atoms with E-state index in [0.717, 1.165) is 18.4 Å². The molecule has 2 nitrogen and oxygen atoms in total. The third-order valence-electron chi connectivity index (χ3n) is 2.58. The quantitative estimate of drug-likeness (QED) is 0.575. The summed E-state index contributed by atoms with van der Waals surface area (Å²) in [6.45, 7) is 4.30. The molecule has 17 heavy (non-hydrogen) atoms. The van der Waals surface area contributed by atoms with Gasteiger partial charge >= 0.3 is 5.97 Å². The van der Waals surface area contributed by atoms with Crippen LogP contribution >= 0.6 is 11.6 Å². The molecule has 0 saturated heterocycles. The van der Waals surface area contributed by atoms with Gasteiger partial charge in [-0.1, -0.05) is 37.6 Å². The molecule has 0 N–H and O–H groups in total. The van der Waals surface area contributed by atoms with E-state index in [-0.39, 0.29) is 5.97 Å². The SMILES string of the molecule is CCCc1ccccc1CC(Cl)C(=O)OCC. The third-order valence-corrected chi connectivity index (χ3v) is 2.91. The first-order valence-corrected chi connectivity index (χ1v) is 6.50. The molecule has 0 aliphatic carbocycles. The Morgan fingerprint density at radius 1 is 1.29 bits per heavy atom. The number of ether oxygens (including phenoxy) is 1. The maximum Gasteiger partial charge on any atom is 0.324 e. The molecule has 0 spiro atoms. The van der Waals surface area contributed by atoms with Crippen LogP contribution in [0.3, 0.4) is 0 Å². The average Bonchev–Trinajstić information content (AvgIpc) is 2.32. The van der Waals surface area contributed by atoms with Crippen molar-refractivity contribution in [1.82, 2.24) is 0 Å². The van der Waals surface area contributed by atoms with Crippen molar-refractivity contribution < 1.29 is 9.53 Å². The Morgan fingerprint density at radius 3 is 2.53 bits per heavy atom. The lowest BCUT2D eigenvalue weighted by Crippen LogP contribution is -2.20. The van der Waals surface area contributed by atoms with Gasteiger partial charge in [0.15, 0.2) is 0 Å². The summed E-state index contributed by atoms with van der Waals surface area (Å²) >= 11 is 6.04. The van der Waals surface area contributed by atoms with E-state index in [4.69, 9.17) is 16.3 Å². The number of esters is 1. The van der Waals surface area contributed by atoms with Crippen molar-refractivity contribution in [3.8, 4) is 0 Å². The van der Waals surface area contributed by atoms with Gasteiger partial charge in [0.25, 0.3) is 0 Å². The molecular formula is C14H19ClO2. The lowest BCUT2D eigenvalue weighted by molar-refractivity contribution is -0.142. The van der Waals surface area contributed by atoms with Crippen molar-refractivity contribution in [3.05, 3.63) is 35.4 Å². The van der Waals surface area contributed by atoms with E-state index in [1.807, 2.05) is 18.2 Å². The molecule has 0 heterocycles. The molecule has 1 rings (SSSR count). The number of hydrogen-bond donors (Lipinski definition) is 0. The molecule has 3 heteroatoms. The van der Waals surface area contributed by atoms with Gasteiger partial charge < -0.3 is 4.74 Å². The molecule has 1 unspecified atom stereocenters. The highest BCUT2D eigenvalue weighted by molar-refractivity contribution is 6.30. The van der Waals surface area contributed by atoms with Crippen molar-refractivity contribution in [3.63, 3.8) is 0 Å². The Labute approximate surface area is 108 Å². The standard InChI is InChI=1S/C14H19ClO2/c1-3-7-11-8-5-6-9-12(11)10-13(15)14(16)17-4-2/h5-6,8-9,13H,3-4,7,10H2,1-2H3. The summed E-state index contributed by atoms with van der Waals surface area (Å²) in [6.07, 6.45) is 2.64. The van der Waals surface area contributed by atoms with Crippen LogP contribution in [0.4, 0.5) is 0 Å². The number of alkyl halides is 1. The maximum absolute atomic E-state index is 11.5. The van der Waals surface area contributed by atoms with E-state index < -0.39 is 5.38 Å². The van der Waals surface area contributed by atoms with E-state index in [0.29, 0.717) is 13.0 Å². The predicted octanol–water partition coefficient (Wildman–Crippen LogP) is 3.35. The van der Waals surface area contributed by atoms with E-state index in [1.54, 1.807) is 6.92 Å². The number of aryl methyl sites for hydroxylation is 1. The minimum atomic E-state index is -0.590. The van der Waals surface area contributed by atoms with Crippen LogP contribution in [0.5, 0.6) is 0 Å². The van der Waals surface area contributed by atoms with Gasteiger partial charge in [-0.3, -0.25) is 4.79 Å². The summed E-state index contributed by atoms with van der Waals surface area (Å²) in [7, 11) is 0. The second kappa shape index (κ2) is 7.33. The largest absolute Gasteiger partial charge is 0.465 e. The Morgan fingerprint density at radius 2 is 1.94 bits per heavy atom. The lowest BCUT2D eigenvalue weighted by Gasteiger charge is -2.12. The van der Waals surface area contributed by atoms with Gasteiger partial charge in [-0.05, 0) is 30.9 Å². The zero-order chi connectivity index (χ0) is 12.7. The summed E-state index contributed by atoms with van der Waals surface area (Å²) in [4.78, 5) is 11.5. The third kappa shape index (κ3) is 4.39.